The number of hydrogen-bond acceptors (Lipinski definition) is 3. The highest BCUT2D eigenvalue weighted by atomic mass is 19.1. The number of halogens is 2. The molecule has 18 heavy (non-hydrogen) atoms. The summed E-state index contributed by atoms with van der Waals surface area (Å²) in [6.07, 6.45) is 0.335. The van der Waals surface area contributed by atoms with Crippen molar-refractivity contribution < 1.29 is 18.3 Å². The molecule has 1 unspecified atom stereocenters. The summed E-state index contributed by atoms with van der Waals surface area (Å²) in [5.74, 6) is -1.80. The van der Waals surface area contributed by atoms with E-state index in [4.69, 9.17) is 10.5 Å². The van der Waals surface area contributed by atoms with Crippen molar-refractivity contribution in [3.63, 3.8) is 0 Å². The van der Waals surface area contributed by atoms with Gasteiger partial charge in [0.1, 0.15) is 17.4 Å². The molecule has 6 heteroatoms. The Bertz CT molecular complexity index is 393. The van der Waals surface area contributed by atoms with E-state index in [-0.39, 0.29) is 12.4 Å². The molecule has 1 aromatic rings. The fourth-order valence-electron chi connectivity index (χ4n) is 1.50. The van der Waals surface area contributed by atoms with Gasteiger partial charge in [0.25, 0.3) is 0 Å². The van der Waals surface area contributed by atoms with Crippen LogP contribution in [-0.4, -0.2) is 25.1 Å². The van der Waals surface area contributed by atoms with Crippen molar-refractivity contribution in [3.05, 3.63) is 29.8 Å². The van der Waals surface area contributed by atoms with Gasteiger partial charge in [-0.25, -0.2) is 8.78 Å². The summed E-state index contributed by atoms with van der Waals surface area (Å²) in [7, 11) is 0. The molecule has 0 aliphatic carbocycles. The van der Waals surface area contributed by atoms with Gasteiger partial charge in [-0.15, -0.1) is 0 Å². The third-order valence-corrected chi connectivity index (χ3v) is 2.31. The molecule has 4 nitrogen and oxygen atoms in total. The highest BCUT2D eigenvalue weighted by Crippen LogP contribution is 2.15. The number of rotatable bonds is 7. The van der Waals surface area contributed by atoms with Crippen molar-refractivity contribution >= 4 is 5.91 Å². The maximum Gasteiger partial charge on any atom is 0.234 e. The number of nitrogens with one attached hydrogen (secondary N) is 1. The molecule has 0 aromatic heterocycles. The second-order valence-electron chi connectivity index (χ2n) is 3.75. The van der Waals surface area contributed by atoms with Crippen LogP contribution in [-0.2, 0) is 4.79 Å². The number of hydrogen-bond donors (Lipinski definition) is 2. The molecule has 0 aliphatic rings. The molecular formula is C12H16F2N2O2. The van der Waals surface area contributed by atoms with Crippen LogP contribution in [0.3, 0.4) is 0 Å². The first-order chi connectivity index (χ1) is 8.52. The number of ether oxygens (including phenoxy) is 1. The van der Waals surface area contributed by atoms with Crippen molar-refractivity contribution in [1.29, 1.82) is 0 Å². The molecule has 0 spiro atoms. The molecule has 3 N–H and O–H groups in total. The summed E-state index contributed by atoms with van der Waals surface area (Å²) in [5, 5.41) is 2.89. The van der Waals surface area contributed by atoms with Crippen molar-refractivity contribution in [1.82, 2.24) is 5.32 Å². The molecule has 1 rings (SSSR count). The fourth-order valence-corrected chi connectivity index (χ4v) is 1.50. The van der Waals surface area contributed by atoms with Crippen LogP contribution < -0.4 is 15.8 Å². The van der Waals surface area contributed by atoms with Crippen molar-refractivity contribution in [2.75, 3.05) is 13.2 Å². The number of likely N-dealkylation sites (N-methyl/N-ethyl adjacent to an activating group) is 1. The van der Waals surface area contributed by atoms with E-state index in [2.05, 4.69) is 5.32 Å². The van der Waals surface area contributed by atoms with E-state index < -0.39 is 23.6 Å². The van der Waals surface area contributed by atoms with Crippen LogP contribution in [0.25, 0.3) is 0 Å². The van der Waals surface area contributed by atoms with Gasteiger partial charge < -0.3 is 15.8 Å². The highest BCUT2D eigenvalue weighted by molar-refractivity contribution is 5.79. The molecule has 0 bridgehead atoms. The number of nitrogens with two attached hydrogens (primary N) is 1. The minimum atomic E-state index is -0.705. The van der Waals surface area contributed by atoms with Gasteiger partial charge in [0.15, 0.2) is 0 Å². The van der Waals surface area contributed by atoms with Crippen LogP contribution in [0.15, 0.2) is 18.2 Å². The second-order valence-corrected chi connectivity index (χ2v) is 3.75. The van der Waals surface area contributed by atoms with E-state index >= 15 is 0 Å². The lowest BCUT2D eigenvalue weighted by Crippen LogP contribution is -2.42. The first kappa shape index (κ1) is 14.4. The Morgan fingerprint density at radius 3 is 2.50 bits per heavy atom. The smallest absolute Gasteiger partial charge is 0.234 e. The lowest BCUT2D eigenvalue weighted by Gasteiger charge is -2.14. The predicted octanol–water partition coefficient (Wildman–Crippen LogP) is 1.20. The van der Waals surface area contributed by atoms with Crippen LogP contribution in [0.2, 0.25) is 0 Å². The van der Waals surface area contributed by atoms with E-state index in [1.54, 1.807) is 0 Å². The quantitative estimate of drug-likeness (QED) is 0.772. The summed E-state index contributed by atoms with van der Waals surface area (Å²) >= 11 is 0. The zero-order valence-corrected chi connectivity index (χ0v) is 10.1. The molecule has 100 valence electrons. The van der Waals surface area contributed by atoms with Crippen LogP contribution in [0.5, 0.6) is 5.75 Å². The van der Waals surface area contributed by atoms with Crippen molar-refractivity contribution in [2.24, 2.45) is 5.73 Å². The van der Waals surface area contributed by atoms with Crippen LogP contribution in [0, 0.1) is 11.6 Å². The van der Waals surface area contributed by atoms with Gasteiger partial charge in [-0.3, -0.25) is 4.79 Å². The van der Waals surface area contributed by atoms with Gasteiger partial charge in [-0.1, -0.05) is 6.92 Å². The number of carbonyl (C=O) groups excluding carboxylic acids is 1. The van der Waals surface area contributed by atoms with Gasteiger partial charge in [0.05, 0.1) is 12.6 Å². The molecule has 1 atom stereocenters. The zero-order valence-electron chi connectivity index (χ0n) is 10.1. The summed E-state index contributed by atoms with van der Waals surface area (Å²) in [6, 6.07) is 2.41. The van der Waals surface area contributed by atoms with Crippen LogP contribution in [0.1, 0.15) is 13.3 Å². The molecule has 0 fully saturated rings. The maximum absolute atomic E-state index is 12.9. The zero-order chi connectivity index (χ0) is 13.5. The summed E-state index contributed by atoms with van der Waals surface area (Å²) in [6.45, 7) is 2.59. The minimum Gasteiger partial charge on any atom is -0.493 e. The van der Waals surface area contributed by atoms with Crippen molar-refractivity contribution in [2.45, 2.75) is 19.4 Å². The predicted molar refractivity (Wildman–Crippen MR) is 63.1 cm³/mol. The van der Waals surface area contributed by atoms with E-state index in [1.807, 2.05) is 6.92 Å². The molecular weight excluding hydrogens is 242 g/mol. The van der Waals surface area contributed by atoms with Gasteiger partial charge in [0, 0.05) is 24.6 Å². The van der Waals surface area contributed by atoms with Gasteiger partial charge in [-0.05, 0) is 6.54 Å². The van der Waals surface area contributed by atoms with Crippen LogP contribution in [0.4, 0.5) is 8.78 Å². The van der Waals surface area contributed by atoms with Crippen LogP contribution >= 0.6 is 0 Å². The third kappa shape index (κ3) is 4.67. The average Bonchev–Trinajstić information content (AvgIpc) is 2.26. The minimum absolute atomic E-state index is 0.0900. The number of carbonyl (C=O) groups is 1. The Labute approximate surface area is 104 Å². The number of primary amides is 1. The Balaban J connectivity index is 2.47. The normalized spacial score (nSPS) is 12.2. The highest BCUT2D eigenvalue weighted by Gasteiger charge is 2.13. The van der Waals surface area contributed by atoms with Gasteiger partial charge >= 0.3 is 0 Å². The first-order valence-corrected chi connectivity index (χ1v) is 5.64. The molecule has 0 saturated carbocycles. The Morgan fingerprint density at radius 1 is 1.39 bits per heavy atom. The summed E-state index contributed by atoms with van der Waals surface area (Å²) in [5.41, 5.74) is 5.17. The maximum atomic E-state index is 12.9. The monoisotopic (exact) mass is 258 g/mol. The topological polar surface area (TPSA) is 64.3 Å². The standard InChI is InChI=1S/C12H16F2N2O2/c1-2-16-11(12(15)17)3-4-18-10-6-8(13)5-9(14)7-10/h5-7,11,16H,2-4H2,1H3,(H2,15,17). The Kier molecular flexibility index (Phi) is 5.51. The molecule has 1 amide bonds. The molecule has 0 radical (unpaired) electrons. The Hall–Kier alpha value is -1.69. The van der Waals surface area contributed by atoms with E-state index in [0.717, 1.165) is 18.2 Å². The molecule has 1 aromatic carbocycles. The van der Waals surface area contributed by atoms with E-state index in [9.17, 15) is 13.6 Å². The molecule has 0 aliphatic heterocycles. The van der Waals surface area contributed by atoms with Gasteiger partial charge in [-0.2, -0.15) is 0 Å². The van der Waals surface area contributed by atoms with E-state index in [1.165, 1.54) is 0 Å². The number of benzene rings is 1. The molecule has 0 heterocycles. The summed E-state index contributed by atoms with van der Waals surface area (Å²) < 4.78 is 30.9. The lowest BCUT2D eigenvalue weighted by atomic mass is 10.2. The second kappa shape index (κ2) is 6.90. The lowest BCUT2D eigenvalue weighted by molar-refractivity contribution is -0.120. The summed E-state index contributed by atoms with van der Waals surface area (Å²) in [4.78, 5) is 11.0. The largest absolute Gasteiger partial charge is 0.493 e. The molecule has 0 saturated heterocycles. The third-order valence-electron chi connectivity index (χ3n) is 2.31. The van der Waals surface area contributed by atoms with Crippen molar-refractivity contribution in [3.8, 4) is 5.75 Å². The number of amides is 1. The SMILES string of the molecule is CCNC(CCOc1cc(F)cc(F)c1)C(N)=O. The van der Waals surface area contributed by atoms with Gasteiger partial charge in [0.2, 0.25) is 5.91 Å². The van der Waals surface area contributed by atoms with E-state index in [0.29, 0.717) is 13.0 Å². The first-order valence-electron chi connectivity index (χ1n) is 5.64. The Morgan fingerprint density at radius 2 is 2.00 bits per heavy atom. The fraction of sp³-hybridized carbons (Fsp3) is 0.417. The average molecular weight is 258 g/mol.